The summed E-state index contributed by atoms with van der Waals surface area (Å²) in [5.74, 6) is -1.30. The molecular weight excluding hydrogens is 408 g/mol. The Bertz CT molecular complexity index is 1060. The van der Waals surface area contributed by atoms with Crippen LogP contribution < -0.4 is 16.0 Å². The first-order valence-electron chi connectivity index (χ1n) is 9.29. The molecular formula is C20H22N4O5S. The van der Waals surface area contributed by atoms with Gasteiger partial charge in [-0.25, -0.2) is 8.42 Å². The number of hydrogen-bond acceptors (Lipinski definition) is 5. The molecule has 2 aromatic carbocycles. The summed E-state index contributed by atoms with van der Waals surface area (Å²) in [5.41, 5.74) is 0.920. The van der Waals surface area contributed by atoms with Gasteiger partial charge in [0.05, 0.1) is 11.3 Å². The predicted molar refractivity (Wildman–Crippen MR) is 111 cm³/mol. The van der Waals surface area contributed by atoms with Gasteiger partial charge in [-0.05, 0) is 30.3 Å². The van der Waals surface area contributed by atoms with Crippen LogP contribution in [0.25, 0.3) is 0 Å². The van der Waals surface area contributed by atoms with E-state index in [1.807, 2.05) is 0 Å². The molecule has 0 bridgehead atoms. The zero-order chi connectivity index (χ0) is 21.7. The number of amides is 3. The minimum atomic E-state index is -3.94. The molecule has 9 nitrogen and oxygen atoms in total. The summed E-state index contributed by atoms with van der Waals surface area (Å²) >= 11 is 0. The molecule has 0 spiro atoms. The van der Waals surface area contributed by atoms with E-state index in [-0.39, 0.29) is 30.3 Å². The Morgan fingerprint density at radius 1 is 1.07 bits per heavy atom. The zero-order valence-electron chi connectivity index (χ0n) is 16.3. The number of hydrogen-bond donors (Lipinski definition) is 3. The molecule has 1 aliphatic heterocycles. The summed E-state index contributed by atoms with van der Waals surface area (Å²) in [7, 11) is -3.94. The van der Waals surface area contributed by atoms with Crippen molar-refractivity contribution in [1.82, 2.24) is 9.62 Å². The summed E-state index contributed by atoms with van der Waals surface area (Å²) in [5, 5.41) is 7.87. The molecule has 3 rings (SSSR count). The molecule has 1 aliphatic rings. The van der Waals surface area contributed by atoms with E-state index in [0.717, 1.165) is 4.31 Å². The van der Waals surface area contributed by atoms with Gasteiger partial charge in [0.2, 0.25) is 27.7 Å². The van der Waals surface area contributed by atoms with Crippen LogP contribution in [0.3, 0.4) is 0 Å². The van der Waals surface area contributed by atoms with Gasteiger partial charge in [0.15, 0.2) is 0 Å². The number of carbonyl (C=O) groups is 3. The maximum atomic E-state index is 13.0. The van der Waals surface area contributed by atoms with Gasteiger partial charge in [0.1, 0.15) is 6.04 Å². The van der Waals surface area contributed by atoms with Crippen LogP contribution in [0.15, 0.2) is 59.5 Å². The van der Waals surface area contributed by atoms with E-state index in [1.165, 1.54) is 19.1 Å². The van der Waals surface area contributed by atoms with Gasteiger partial charge in [-0.15, -0.1) is 0 Å². The maximum Gasteiger partial charge on any atom is 0.243 e. The van der Waals surface area contributed by atoms with Crippen molar-refractivity contribution in [1.29, 1.82) is 0 Å². The van der Waals surface area contributed by atoms with Crippen LogP contribution in [-0.4, -0.2) is 49.6 Å². The van der Waals surface area contributed by atoms with Crippen molar-refractivity contribution in [3.05, 3.63) is 54.6 Å². The number of piperazine rings is 1. The van der Waals surface area contributed by atoms with Crippen molar-refractivity contribution in [2.24, 2.45) is 0 Å². The molecule has 3 N–H and O–H groups in total. The van der Waals surface area contributed by atoms with Crippen LogP contribution in [-0.2, 0) is 24.4 Å². The fraction of sp³-hybridized carbons (Fsp3) is 0.250. The standard InChI is InChI=1S/C20H22N4O5S/c1-14(25)22-15-6-5-7-16(12-15)23-19(26)13-18-20(27)21-10-11-24(18)30(28,29)17-8-3-2-4-9-17/h2-9,12,18H,10-11,13H2,1H3,(H,21,27)(H,22,25)(H,23,26). The number of carbonyl (C=O) groups excluding carboxylic acids is 3. The van der Waals surface area contributed by atoms with Crippen molar-refractivity contribution < 1.29 is 22.8 Å². The van der Waals surface area contributed by atoms with E-state index in [0.29, 0.717) is 11.4 Å². The second-order valence-corrected chi connectivity index (χ2v) is 8.64. The second kappa shape index (κ2) is 9.06. The molecule has 10 heteroatoms. The van der Waals surface area contributed by atoms with E-state index in [9.17, 15) is 22.8 Å². The van der Waals surface area contributed by atoms with Crippen LogP contribution in [0.2, 0.25) is 0 Å². The number of nitrogens with one attached hydrogen (secondary N) is 3. The number of benzene rings is 2. The number of anilines is 2. The average Bonchev–Trinajstić information content (AvgIpc) is 2.70. The highest BCUT2D eigenvalue weighted by atomic mass is 32.2. The first-order valence-corrected chi connectivity index (χ1v) is 10.7. The average molecular weight is 430 g/mol. The SMILES string of the molecule is CC(=O)Nc1cccc(NC(=O)CC2C(=O)NCCN2S(=O)(=O)c2ccccc2)c1. The van der Waals surface area contributed by atoms with Crippen LogP contribution in [0, 0.1) is 0 Å². The Morgan fingerprint density at radius 3 is 2.40 bits per heavy atom. The minimum absolute atomic E-state index is 0.0631. The van der Waals surface area contributed by atoms with E-state index in [1.54, 1.807) is 42.5 Å². The number of nitrogens with zero attached hydrogens (tertiary/aromatic N) is 1. The Labute approximate surface area is 174 Å². The summed E-state index contributed by atoms with van der Waals surface area (Å²) in [6.07, 6.45) is -0.345. The Kier molecular flexibility index (Phi) is 6.48. The first-order chi connectivity index (χ1) is 14.3. The molecule has 158 valence electrons. The van der Waals surface area contributed by atoms with Gasteiger partial charge < -0.3 is 16.0 Å². The Balaban J connectivity index is 1.76. The summed E-state index contributed by atoms with van der Waals surface area (Å²) in [6, 6.07) is 13.1. The van der Waals surface area contributed by atoms with E-state index < -0.39 is 27.9 Å². The maximum absolute atomic E-state index is 13.0. The van der Waals surface area contributed by atoms with Gasteiger partial charge >= 0.3 is 0 Å². The van der Waals surface area contributed by atoms with Gasteiger partial charge in [-0.1, -0.05) is 24.3 Å². The lowest BCUT2D eigenvalue weighted by Crippen LogP contribution is -2.57. The largest absolute Gasteiger partial charge is 0.353 e. The molecule has 1 unspecified atom stereocenters. The van der Waals surface area contributed by atoms with Crippen LogP contribution >= 0.6 is 0 Å². The minimum Gasteiger partial charge on any atom is -0.353 e. The van der Waals surface area contributed by atoms with Gasteiger partial charge in [-0.3, -0.25) is 14.4 Å². The van der Waals surface area contributed by atoms with Gasteiger partial charge in [0.25, 0.3) is 0 Å². The molecule has 1 atom stereocenters. The Morgan fingerprint density at radius 2 is 1.73 bits per heavy atom. The smallest absolute Gasteiger partial charge is 0.243 e. The lowest BCUT2D eigenvalue weighted by molar-refractivity contribution is -0.130. The zero-order valence-corrected chi connectivity index (χ0v) is 17.1. The van der Waals surface area contributed by atoms with Crippen molar-refractivity contribution in [2.45, 2.75) is 24.3 Å². The van der Waals surface area contributed by atoms with E-state index in [2.05, 4.69) is 16.0 Å². The molecule has 3 amide bonds. The van der Waals surface area contributed by atoms with E-state index in [4.69, 9.17) is 0 Å². The normalized spacial score (nSPS) is 17.1. The third-order valence-electron chi connectivity index (χ3n) is 4.48. The Hall–Kier alpha value is -3.24. The molecule has 30 heavy (non-hydrogen) atoms. The third kappa shape index (κ3) is 5.02. The topological polar surface area (TPSA) is 125 Å². The summed E-state index contributed by atoms with van der Waals surface area (Å²) in [6.45, 7) is 1.61. The lowest BCUT2D eigenvalue weighted by atomic mass is 10.1. The highest BCUT2D eigenvalue weighted by Gasteiger charge is 2.39. The van der Waals surface area contributed by atoms with E-state index >= 15 is 0 Å². The van der Waals surface area contributed by atoms with Gasteiger partial charge in [-0.2, -0.15) is 4.31 Å². The molecule has 0 aliphatic carbocycles. The fourth-order valence-corrected chi connectivity index (χ4v) is 4.78. The molecule has 1 heterocycles. The molecule has 1 saturated heterocycles. The van der Waals surface area contributed by atoms with Crippen molar-refractivity contribution in [3.63, 3.8) is 0 Å². The van der Waals surface area contributed by atoms with Crippen molar-refractivity contribution >= 4 is 39.1 Å². The molecule has 0 radical (unpaired) electrons. The molecule has 0 aromatic heterocycles. The highest BCUT2D eigenvalue weighted by Crippen LogP contribution is 2.22. The van der Waals surface area contributed by atoms with Crippen LogP contribution in [0.4, 0.5) is 11.4 Å². The highest BCUT2D eigenvalue weighted by molar-refractivity contribution is 7.89. The van der Waals surface area contributed by atoms with Crippen molar-refractivity contribution in [3.8, 4) is 0 Å². The number of sulfonamides is 1. The van der Waals surface area contributed by atoms with Gasteiger partial charge in [0, 0.05) is 31.4 Å². The first kappa shape index (κ1) is 21.5. The quantitative estimate of drug-likeness (QED) is 0.634. The summed E-state index contributed by atoms with van der Waals surface area (Å²) in [4.78, 5) is 36.2. The molecule has 0 saturated carbocycles. The van der Waals surface area contributed by atoms with Crippen LogP contribution in [0.1, 0.15) is 13.3 Å². The molecule has 2 aromatic rings. The third-order valence-corrected chi connectivity index (χ3v) is 6.40. The monoisotopic (exact) mass is 430 g/mol. The number of rotatable bonds is 6. The van der Waals surface area contributed by atoms with Crippen LogP contribution in [0.5, 0.6) is 0 Å². The predicted octanol–water partition coefficient (Wildman–Crippen LogP) is 1.16. The lowest BCUT2D eigenvalue weighted by Gasteiger charge is -2.33. The summed E-state index contributed by atoms with van der Waals surface area (Å²) < 4.78 is 27.1. The fourth-order valence-electron chi connectivity index (χ4n) is 3.17. The van der Waals surface area contributed by atoms with Crippen molar-refractivity contribution in [2.75, 3.05) is 23.7 Å². The second-order valence-electron chi connectivity index (χ2n) is 6.75. The molecule has 1 fully saturated rings.